The van der Waals surface area contributed by atoms with Gasteiger partial charge in [0.2, 0.25) is 5.12 Å². The molecule has 0 spiro atoms. The molecule has 0 amide bonds. The van der Waals surface area contributed by atoms with Crippen LogP contribution in [-0.2, 0) is 0 Å². The molecule has 0 aliphatic rings. The number of phenols is 1. The molecule has 0 radical (unpaired) electrons. The van der Waals surface area contributed by atoms with Gasteiger partial charge in [-0.15, -0.1) is 12.6 Å². The molecule has 1 aromatic carbocycles. The summed E-state index contributed by atoms with van der Waals surface area (Å²) in [6, 6.07) is 4.24. The van der Waals surface area contributed by atoms with Crippen LogP contribution >= 0.6 is 12.6 Å². The minimum Gasteiger partial charge on any atom is -0.506 e. The Balaban J connectivity index is 3.15. The van der Waals surface area contributed by atoms with Crippen LogP contribution in [0.2, 0.25) is 0 Å². The van der Waals surface area contributed by atoms with Gasteiger partial charge < -0.3 is 10.8 Å². The van der Waals surface area contributed by atoms with Crippen LogP contribution in [-0.4, -0.2) is 10.2 Å². The van der Waals surface area contributed by atoms with Crippen molar-refractivity contribution in [1.82, 2.24) is 0 Å². The van der Waals surface area contributed by atoms with Crippen molar-refractivity contribution >= 4 is 23.4 Å². The fraction of sp³-hybridized carbons (Fsp3) is 0. The molecule has 1 aromatic rings. The van der Waals surface area contributed by atoms with Gasteiger partial charge >= 0.3 is 0 Å². The third kappa shape index (κ3) is 1.65. The summed E-state index contributed by atoms with van der Waals surface area (Å²) in [6.45, 7) is 0. The molecule has 0 fully saturated rings. The van der Waals surface area contributed by atoms with Crippen LogP contribution < -0.4 is 5.73 Å². The summed E-state index contributed by atoms with van der Waals surface area (Å²) in [6.07, 6.45) is 0. The van der Waals surface area contributed by atoms with E-state index in [-0.39, 0.29) is 16.6 Å². The lowest BCUT2D eigenvalue weighted by Crippen LogP contribution is -1.91. The van der Waals surface area contributed by atoms with Gasteiger partial charge in [0.05, 0.1) is 5.69 Å². The molecule has 0 saturated heterocycles. The molecule has 11 heavy (non-hydrogen) atoms. The summed E-state index contributed by atoms with van der Waals surface area (Å²) in [5, 5.41) is 8.65. The predicted octanol–water partition coefficient (Wildman–Crippen LogP) is 1.04. The molecular formula is C7H7NO2S. The number of hydrogen-bond acceptors (Lipinski definition) is 3. The second-order valence-electron chi connectivity index (χ2n) is 2.08. The maximum absolute atomic E-state index is 10.6. The van der Waals surface area contributed by atoms with Crippen LogP contribution in [0.4, 0.5) is 5.69 Å². The van der Waals surface area contributed by atoms with Crippen molar-refractivity contribution in [3.63, 3.8) is 0 Å². The van der Waals surface area contributed by atoms with Crippen LogP contribution in [0.5, 0.6) is 5.75 Å². The first-order valence-corrected chi connectivity index (χ1v) is 3.38. The Labute approximate surface area is 69.2 Å². The topological polar surface area (TPSA) is 63.3 Å². The van der Waals surface area contributed by atoms with Crippen molar-refractivity contribution in [3.05, 3.63) is 23.8 Å². The van der Waals surface area contributed by atoms with Gasteiger partial charge in [0.25, 0.3) is 0 Å². The van der Waals surface area contributed by atoms with Gasteiger partial charge in [-0.1, -0.05) is 0 Å². The van der Waals surface area contributed by atoms with E-state index < -0.39 is 0 Å². The highest BCUT2D eigenvalue weighted by atomic mass is 32.1. The molecular weight excluding hydrogens is 162 g/mol. The Morgan fingerprint density at radius 3 is 2.64 bits per heavy atom. The van der Waals surface area contributed by atoms with Crippen LogP contribution in [0.25, 0.3) is 0 Å². The average molecular weight is 169 g/mol. The third-order valence-corrected chi connectivity index (χ3v) is 1.54. The van der Waals surface area contributed by atoms with Gasteiger partial charge in [-0.3, -0.25) is 4.79 Å². The largest absolute Gasteiger partial charge is 0.506 e. The number of phenolic OH excluding ortho intramolecular Hbond substituents is 1. The standard InChI is InChI=1S/C7H7NO2S/c8-5-2-1-4(7(10)11)3-6(5)9/h1-3,9H,8H2,(H,10,11). The fourth-order valence-corrected chi connectivity index (χ4v) is 0.816. The highest BCUT2D eigenvalue weighted by Gasteiger charge is 2.02. The maximum Gasteiger partial charge on any atom is 0.216 e. The molecule has 0 aliphatic heterocycles. The Kier molecular flexibility index (Phi) is 2.05. The van der Waals surface area contributed by atoms with Gasteiger partial charge in [0.1, 0.15) is 5.75 Å². The molecule has 4 heteroatoms. The zero-order valence-corrected chi connectivity index (χ0v) is 6.51. The molecule has 58 valence electrons. The number of aromatic hydroxyl groups is 1. The first-order chi connectivity index (χ1) is 5.11. The van der Waals surface area contributed by atoms with E-state index >= 15 is 0 Å². The van der Waals surface area contributed by atoms with Gasteiger partial charge in [-0.05, 0) is 18.2 Å². The van der Waals surface area contributed by atoms with E-state index in [0.29, 0.717) is 5.56 Å². The molecule has 0 aromatic heterocycles. The smallest absolute Gasteiger partial charge is 0.216 e. The first-order valence-electron chi connectivity index (χ1n) is 2.93. The summed E-state index contributed by atoms with van der Waals surface area (Å²) in [7, 11) is 0. The summed E-state index contributed by atoms with van der Waals surface area (Å²) in [5.74, 6) is -0.0927. The van der Waals surface area contributed by atoms with Crippen molar-refractivity contribution in [2.75, 3.05) is 5.73 Å². The summed E-state index contributed by atoms with van der Waals surface area (Å²) in [5.41, 5.74) is 5.89. The molecule has 3 nitrogen and oxygen atoms in total. The first kappa shape index (κ1) is 7.94. The maximum atomic E-state index is 10.6. The Hall–Kier alpha value is -1.16. The van der Waals surface area contributed by atoms with Gasteiger partial charge in [-0.2, -0.15) is 0 Å². The second kappa shape index (κ2) is 2.84. The van der Waals surface area contributed by atoms with Crippen molar-refractivity contribution in [2.45, 2.75) is 0 Å². The van der Waals surface area contributed by atoms with E-state index in [0.717, 1.165) is 0 Å². The predicted molar refractivity (Wildman–Crippen MR) is 45.8 cm³/mol. The highest BCUT2D eigenvalue weighted by Crippen LogP contribution is 2.21. The minimum atomic E-state index is -0.389. The van der Waals surface area contributed by atoms with Gasteiger partial charge in [0.15, 0.2) is 0 Å². The number of rotatable bonds is 1. The monoisotopic (exact) mass is 169 g/mol. The van der Waals surface area contributed by atoms with Crippen LogP contribution in [0.15, 0.2) is 18.2 Å². The quantitative estimate of drug-likeness (QED) is 0.334. The zero-order chi connectivity index (χ0) is 8.43. The van der Waals surface area contributed by atoms with Gasteiger partial charge in [0, 0.05) is 5.56 Å². The number of carbonyl (C=O) groups is 1. The second-order valence-corrected chi connectivity index (χ2v) is 2.48. The molecule has 0 aliphatic carbocycles. The molecule has 0 heterocycles. The Morgan fingerprint density at radius 2 is 2.18 bits per heavy atom. The fourth-order valence-electron chi connectivity index (χ4n) is 0.677. The molecule has 0 saturated carbocycles. The van der Waals surface area contributed by atoms with Crippen LogP contribution in [0.3, 0.4) is 0 Å². The van der Waals surface area contributed by atoms with E-state index in [9.17, 15) is 4.79 Å². The summed E-state index contributed by atoms with van der Waals surface area (Å²) in [4.78, 5) is 10.6. The number of carbonyl (C=O) groups excluding carboxylic acids is 1. The number of thiol groups is 1. The minimum absolute atomic E-state index is 0.0927. The number of anilines is 1. The van der Waals surface area contributed by atoms with E-state index in [1.54, 1.807) is 0 Å². The Morgan fingerprint density at radius 1 is 1.55 bits per heavy atom. The number of nitrogens with two attached hydrogens (primary N) is 1. The normalized spacial score (nSPS) is 9.55. The molecule has 0 unspecified atom stereocenters. The summed E-state index contributed by atoms with van der Waals surface area (Å²) < 4.78 is 0. The van der Waals surface area contributed by atoms with Gasteiger partial charge in [-0.25, -0.2) is 0 Å². The SMILES string of the molecule is Nc1ccc(C(=O)S)cc1O. The van der Waals surface area contributed by atoms with Crippen LogP contribution in [0, 0.1) is 0 Å². The highest BCUT2D eigenvalue weighted by molar-refractivity contribution is 7.97. The van der Waals surface area contributed by atoms with Crippen molar-refractivity contribution in [1.29, 1.82) is 0 Å². The lowest BCUT2D eigenvalue weighted by molar-refractivity contribution is 0.109. The third-order valence-electron chi connectivity index (χ3n) is 1.28. The number of hydrogen-bond donors (Lipinski definition) is 3. The van der Waals surface area contributed by atoms with Crippen molar-refractivity contribution < 1.29 is 9.90 Å². The van der Waals surface area contributed by atoms with E-state index in [1.807, 2.05) is 0 Å². The lowest BCUT2D eigenvalue weighted by Gasteiger charge is -1.98. The number of benzene rings is 1. The zero-order valence-electron chi connectivity index (χ0n) is 5.61. The van der Waals surface area contributed by atoms with Crippen molar-refractivity contribution in [2.24, 2.45) is 0 Å². The average Bonchev–Trinajstić information content (AvgIpc) is 1.94. The van der Waals surface area contributed by atoms with Crippen LogP contribution in [0.1, 0.15) is 10.4 Å². The molecule has 0 bridgehead atoms. The van der Waals surface area contributed by atoms with E-state index in [2.05, 4.69) is 12.6 Å². The molecule has 1 rings (SSSR count). The number of nitrogen functional groups attached to an aromatic ring is 1. The van der Waals surface area contributed by atoms with Crippen molar-refractivity contribution in [3.8, 4) is 5.75 Å². The van der Waals surface area contributed by atoms with E-state index in [1.165, 1.54) is 18.2 Å². The molecule has 3 N–H and O–H groups in total. The lowest BCUT2D eigenvalue weighted by atomic mass is 10.2. The van der Waals surface area contributed by atoms with E-state index in [4.69, 9.17) is 10.8 Å². The summed E-state index contributed by atoms with van der Waals surface area (Å²) >= 11 is 3.58. The molecule has 0 atom stereocenters. The Bertz CT molecular complexity index is 298.